The molecule has 0 saturated carbocycles. The number of nitrogens with one attached hydrogen (secondary N) is 1. The number of hydrogen-bond donors (Lipinski definition) is 1. The number of likely N-dealkylation sites (N-methyl/N-ethyl adjacent to an activating group) is 1. The van der Waals surface area contributed by atoms with Gasteiger partial charge in [-0.25, -0.2) is 0 Å². The first-order chi connectivity index (χ1) is 8.22. The molecule has 1 aromatic carbocycles. The third kappa shape index (κ3) is 2.72. The predicted molar refractivity (Wildman–Crippen MR) is 71.9 cm³/mol. The summed E-state index contributed by atoms with van der Waals surface area (Å²) in [4.78, 5) is 2.33. The largest absolute Gasteiger partial charge is 0.495 e. The van der Waals surface area contributed by atoms with Gasteiger partial charge in [-0.15, -0.1) is 0 Å². The van der Waals surface area contributed by atoms with Crippen molar-refractivity contribution < 1.29 is 4.74 Å². The first-order valence-electron chi connectivity index (χ1n) is 6.31. The summed E-state index contributed by atoms with van der Waals surface area (Å²) in [6.45, 7) is 3.30. The molecule has 1 N–H and O–H groups in total. The molecule has 0 spiro atoms. The van der Waals surface area contributed by atoms with Gasteiger partial charge >= 0.3 is 0 Å². The summed E-state index contributed by atoms with van der Waals surface area (Å²) in [5.74, 6) is 0.952. The van der Waals surface area contributed by atoms with E-state index in [1.165, 1.54) is 18.5 Å². The molecule has 1 fully saturated rings. The number of rotatable bonds is 3. The van der Waals surface area contributed by atoms with Gasteiger partial charge in [0.05, 0.1) is 12.8 Å². The number of anilines is 1. The van der Waals surface area contributed by atoms with Gasteiger partial charge in [-0.1, -0.05) is 12.1 Å². The summed E-state index contributed by atoms with van der Waals surface area (Å²) in [7, 11) is 3.88. The van der Waals surface area contributed by atoms with Crippen molar-refractivity contribution in [1.29, 1.82) is 0 Å². The van der Waals surface area contributed by atoms with Crippen molar-refractivity contribution in [2.45, 2.75) is 31.8 Å². The summed E-state index contributed by atoms with van der Waals surface area (Å²) in [6, 6.07) is 9.42. The highest BCUT2D eigenvalue weighted by Gasteiger charge is 2.22. The van der Waals surface area contributed by atoms with E-state index in [2.05, 4.69) is 36.3 Å². The van der Waals surface area contributed by atoms with Crippen molar-refractivity contribution in [3.8, 4) is 5.75 Å². The molecule has 1 aliphatic heterocycles. The first kappa shape index (κ1) is 12.2. The molecule has 2 unspecified atom stereocenters. The molecule has 0 aromatic heterocycles. The molecule has 0 aliphatic carbocycles. The molecule has 3 nitrogen and oxygen atoms in total. The third-order valence-electron chi connectivity index (χ3n) is 3.65. The van der Waals surface area contributed by atoms with Gasteiger partial charge < -0.3 is 15.0 Å². The average Bonchev–Trinajstić information content (AvgIpc) is 2.39. The van der Waals surface area contributed by atoms with Crippen LogP contribution >= 0.6 is 0 Å². The SMILES string of the molecule is COc1ccccc1N(C)C1CCC(C)NC1. The fourth-order valence-electron chi connectivity index (χ4n) is 2.43. The van der Waals surface area contributed by atoms with Gasteiger partial charge in [-0.2, -0.15) is 0 Å². The van der Waals surface area contributed by atoms with Crippen molar-refractivity contribution in [2.24, 2.45) is 0 Å². The van der Waals surface area contributed by atoms with Crippen LogP contribution in [0.1, 0.15) is 19.8 Å². The second-order valence-electron chi connectivity index (χ2n) is 4.82. The Morgan fingerprint density at radius 1 is 1.29 bits per heavy atom. The third-order valence-corrected chi connectivity index (χ3v) is 3.65. The summed E-state index contributed by atoms with van der Waals surface area (Å²) in [5, 5.41) is 3.54. The zero-order valence-corrected chi connectivity index (χ0v) is 10.9. The molecule has 2 rings (SSSR count). The van der Waals surface area contributed by atoms with Crippen LogP contribution in [0.15, 0.2) is 24.3 Å². The molecular weight excluding hydrogens is 212 g/mol. The lowest BCUT2D eigenvalue weighted by atomic mass is 10.0. The number of benzene rings is 1. The molecule has 94 valence electrons. The van der Waals surface area contributed by atoms with Crippen molar-refractivity contribution in [2.75, 3.05) is 25.6 Å². The van der Waals surface area contributed by atoms with Gasteiger partial charge in [0.2, 0.25) is 0 Å². The second-order valence-corrected chi connectivity index (χ2v) is 4.82. The van der Waals surface area contributed by atoms with Crippen molar-refractivity contribution in [1.82, 2.24) is 5.32 Å². The molecule has 0 radical (unpaired) electrons. The Bertz CT molecular complexity index is 359. The van der Waals surface area contributed by atoms with E-state index in [1.807, 2.05) is 12.1 Å². The van der Waals surface area contributed by atoms with Crippen LogP contribution < -0.4 is 15.0 Å². The minimum Gasteiger partial charge on any atom is -0.495 e. The molecule has 3 heteroatoms. The first-order valence-corrected chi connectivity index (χ1v) is 6.31. The second kappa shape index (κ2) is 5.41. The molecule has 1 heterocycles. The van der Waals surface area contributed by atoms with E-state index in [0.717, 1.165) is 12.3 Å². The zero-order valence-electron chi connectivity index (χ0n) is 10.9. The fraction of sp³-hybridized carbons (Fsp3) is 0.571. The van der Waals surface area contributed by atoms with E-state index in [1.54, 1.807) is 7.11 Å². The maximum atomic E-state index is 5.42. The predicted octanol–water partition coefficient (Wildman–Crippen LogP) is 2.27. The number of piperidine rings is 1. The van der Waals surface area contributed by atoms with Gasteiger partial charge in [-0.05, 0) is 31.9 Å². The van der Waals surface area contributed by atoms with E-state index < -0.39 is 0 Å². The van der Waals surface area contributed by atoms with Crippen LogP contribution in [0.25, 0.3) is 0 Å². The Kier molecular flexibility index (Phi) is 3.89. The molecule has 1 saturated heterocycles. The summed E-state index contributed by atoms with van der Waals surface area (Å²) in [6.07, 6.45) is 2.48. The standard InChI is InChI=1S/C14H22N2O/c1-11-8-9-12(10-15-11)16(2)13-6-4-5-7-14(13)17-3/h4-7,11-12,15H,8-10H2,1-3H3. The number of nitrogens with zero attached hydrogens (tertiary/aromatic N) is 1. The molecular formula is C14H22N2O. The Balaban J connectivity index is 2.10. The molecule has 1 aromatic rings. The molecule has 2 atom stereocenters. The van der Waals surface area contributed by atoms with Crippen molar-refractivity contribution in [3.63, 3.8) is 0 Å². The topological polar surface area (TPSA) is 24.5 Å². The summed E-state index contributed by atoms with van der Waals surface area (Å²) >= 11 is 0. The van der Waals surface area contributed by atoms with Crippen LogP contribution in [0.3, 0.4) is 0 Å². The molecule has 0 bridgehead atoms. The summed E-state index contributed by atoms with van der Waals surface area (Å²) < 4.78 is 5.42. The van der Waals surface area contributed by atoms with E-state index >= 15 is 0 Å². The lowest BCUT2D eigenvalue weighted by molar-refractivity contribution is 0.371. The monoisotopic (exact) mass is 234 g/mol. The van der Waals surface area contributed by atoms with Crippen molar-refractivity contribution >= 4 is 5.69 Å². The Morgan fingerprint density at radius 3 is 2.71 bits per heavy atom. The smallest absolute Gasteiger partial charge is 0.142 e. The van der Waals surface area contributed by atoms with E-state index in [9.17, 15) is 0 Å². The zero-order chi connectivity index (χ0) is 12.3. The van der Waals surface area contributed by atoms with Crippen LogP contribution in [-0.4, -0.2) is 32.8 Å². The van der Waals surface area contributed by atoms with Crippen LogP contribution in [0.5, 0.6) is 5.75 Å². The Labute approximate surface area is 104 Å². The highest BCUT2D eigenvalue weighted by Crippen LogP contribution is 2.29. The minimum absolute atomic E-state index is 0.558. The number of hydrogen-bond acceptors (Lipinski definition) is 3. The Morgan fingerprint density at radius 2 is 2.06 bits per heavy atom. The normalized spacial score (nSPS) is 24.4. The van der Waals surface area contributed by atoms with Gasteiger partial charge in [0.1, 0.15) is 5.75 Å². The summed E-state index contributed by atoms with van der Waals surface area (Å²) in [5.41, 5.74) is 1.18. The van der Waals surface area contributed by atoms with Gasteiger partial charge in [0, 0.05) is 25.7 Å². The maximum Gasteiger partial charge on any atom is 0.142 e. The van der Waals surface area contributed by atoms with Gasteiger partial charge in [-0.3, -0.25) is 0 Å². The number of ether oxygens (including phenoxy) is 1. The average molecular weight is 234 g/mol. The fourth-order valence-corrected chi connectivity index (χ4v) is 2.43. The lowest BCUT2D eigenvalue weighted by Gasteiger charge is -2.36. The van der Waals surface area contributed by atoms with E-state index in [0.29, 0.717) is 12.1 Å². The minimum atomic E-state index is 0.558. The van der Waals surface area contributed by atoms with E-state index in [4.69, 9.17) is 4.74 Å². The van der Waals surface area contributed by atoms with Crippen LogP contribution in [0.4, 0.5) is 5.69 Å². The van der Waals surface area contributed by atoms with Gasteiger partial charge in [0.25, 0.3) is 0 Å². The van der Waals surface area contributed by atoms with Crippen LogP contribution in [0, 0.1) is 0 Å². The Hall–Kier alpha value is -1.22. The van der Waals surface area contributed by atoms with E-state index in [-0.39, 0.29) is 0 Å². The van der Waals surface area contributed by atoms with Crippen molar-refractivity contribution in [3.05, 3.63) is 24.3 Å². The highest BCUT2D eigenvalue weighted by atomic mass is 16.5. The number of methoxy groups -OCH3 is 1. The lowest BCUT2D eigenvalue weighted by Crippen LogP contribution is -2.47. The molecule has 17 heavy (non-hydrogen) atoms. The number of para-hydroxylation sites is 2. The quantitative estimate of drug-likeness (QED) is 0.868. The van der Waals surface area contributed by atoms with Crippen LogP contribution in [0.2, 0.25) is 0 Å². The maximum absolute atomic E-state index is 5.42. The molecule has 0 amide bonds. The highest BCUT2D eigenvalue weighted by molar-refractivity contribution is 5.58. The van der Waals surface area contributed by atoms with Gasteiger partial charge in [0.15, 0.2) is 0 Å². The molecule has 1 aliphatic rings. The van der Waals surface area contributed by atoms with Crippen LogP contribution in [-0.2, 0) is 0 Å².